The van der Waals surface area contributed by atoms with Crippen molar-refractivity contribution >= 4 is 23.1 Å². The Kier molecular flexibility index (Phi) is 3.38. The first-order valence-corrected chi connectivity index (χ1v) is 5.39. The Balaban J connectivity index is 1.94. The average Bonchev–Trinajstić information content (AvgIpc) is 2.70. The third-order valence-corrected chi connectivity index (χ3v) is 2.42. The zero-order chi connectivity index (χ0) is 12.3. The highest BCUT2D eigenvalue weighted by molar-refractivity contribution is 6.28. The molecule has 17 heavy (non-hydrogen) atoms. The van der Waals surface area contributed by atoms with Crippen molar-refractivity contribution in [1.29, 1.82) is 0 Å². The van der Waals surface area contributed by atoms with Crippen molar-refractivity contribution in [2.45, 2.75) is 6.42 Å². The Morgan fingerprint density at radius 1 is 1.53 bits per heavy atom. The lowest BCUT2D eigenvalue weighted by Gasteiger charge is -2.07. The summed E-state index contributed by atoms with van der Waals surface area (Å²) < 4.78 is 1.86. The van der Waals surface area contributed by atoms with Gasteiger partial charge in [0.05, 0.1) is 11.9 Å². The monoisotopic (exact) mass is 253 g/mol. The normalized spacial score (nSPS) is 10.5. The van der Waals surface area contributed by atoms with E-state index in [0.29, 0.717) is 18.1 Å². The molecule has 0 amide bonds. The summed E-state index contributed by atoms with van der Waals surface area (Å²) in [7, 11) is 1.89. The van der Waals surface area contributed by atoms with Gasteiger partial charge in [-0.1, -0.05) is 0 Å². The van der Waals surface area contributed by atoms with Crippen molar-refractivity contribution in [2.24, 2.45) is 7.05 Å². The Bertz CT molecular complexity index is 510. The molecule has 0 atom stereocenters. The second-order valence-electron chi connectivity index (χ2n) is 3.48. The number of nitrogens with two attached hydrogens (primary N) is 1. The maximum atomic E-state index is 5.70. The van der Waals surface area contributed by atoms with Gasteiger partial charge in [-0.15, -0.1) is 10.2 Å². The minimum absolute atomic E-state index is 0.167. The first kappa shape index (κ1) is 11.6. The van der Waals surface area contributed by atoms with Crippen LogP contribution in [0.2, 0.25) is 5.28 Å². The zero-order valence-corrected chi connectivity index (χ0v) is 10.0. The van der Waals surface area contributed by atoms with Gasteiger partial charge in [-0.3, -0.25) is 0 Å². The molecular formula is C9H12ClN7. The van der Waals surface area contributed by atoms with Crippen molar-refractivity contribution in [3.63, 3.8) is 0 Å². The third kappa shape index (κ3) is 2.82. The smallest absolute Gasteiger partial charge is 0.224 e. The summed E-state index contributed by atoms with van der Waals surface area (Å²) in [6.45, 7) is 0.643. The molecule has 2 aromatic rings. The van der Waals surface area contributed by atoms with E-state index >= 15 is 0 Å². The van der Waals surface area contributed by atoms with E-state index in [1.54, 1.807) is 6.33 Å². The van der Waals surface area contributed by atoms with Crippen molar-refractivity contribution in [3.05, 3.63) is 23.6 Å². The van der Waals surface area contributed by atoms with Crippen LogP contribution in [0.5, 0.6) is 0 Å². The van der Waals surface area contributed by atoms with Crippen LogP contribution in [-0.2, 0) is 13.5 Å². The van der Waals surface area contributed by atoms with Crippen molar-refractivity contribution in [3.8, 4) is 0 Å². The molecule has 0 radical (unpaired) electrons. The molecule has 0 saturated heterocycles. The fourth-order valence-electron chi connectivity index (χ4n) is 1.34. The van der Waals surface area contributed by atoms with Crippen LogP contribution in [0.3, 0.4) is 0 Å². The number of nitrogens with zero attached hydrogens (tertiary/aromatic N) is 5. The van der Waals surface area contributed by atoms with Crippen molar-refractivity contribution < 1.29 is 0 Å². The van der Waals surface area contributed by atoms with E-state index < -0.39 is 0 Å². The topological polar surface area (TPSA) is 94.5 Å². The summed E-state index contributed by atoms with van der Waals surface area (Å²) >= 11 is 5.68. The van der Waals surface area contributed by atoms with Gasteiger partial charge in [-0.2, -0.15) is 4.98 Å². The summed E-state index contributed by atoms with van der Waals surface area (Å²) in [4.78, 5) is 7.76. The fourth-order valence-corrected chi connectivity index (χ4v) is 1.47. The standard InChI is InChI=1S/C9H12ClN7/c1-17-5-14-16-7(17)2-3-12-8-6(11)4-13-9(10)15-8/h4-5H,2-3,11H2,1H3,(H,12,13,15). The van der Waals surface area contributed by atoms with Crippen LogP contribution in [0.1, 0.15) is 5.82 Å². The molecule has 0 unspecified atom stereocenters. The first-order valence-electron chi connectivity index (χ1n) is 5.01. The molecule has 8 heteroatoms. The average molecular weight is 254 g/mol. The largest absolute Gasteiger partial charge is 0.394 e. The number of hydrogen-bond acceptors (Lipinski definition) is 6. The van der Waals surface area contributed by atoms with E-state index in [0.717, 1.165) is 12.2 Å². The lowest BCUT2D eigenvalue weighted by Crippen LogP contribution is -2.11. The number of aryl methyl sites for hydroxylation is 1. The molecule has 2 rings (SSSR count). The highest BCUT2D eigenvalue weighted by Gasteiger charge is 2.04. The molecule has 0 aliphatic carbocycles. The molecular weight excluding hydrogens is 242 g/mol. The minimum Gasteiger partial charge on any atom is -0.394 e. The number of hydrogen-bond donors (Lipinski definition) is 2. The molecule has 0 aliphatic rings. The summed E-state index contributed by atoms with van der Waals surface area (Å²) in [6, 6.07) is 0. The molecule has 3 N–H and O–H groups in total. The van der Waals surface area contributed by atoms with Gasteiger partial charge < -0.3 is 15.6 Å². The van der Waals surface area contributed by atoms with Gasteiger partial charge in [0.1, 0.15) is 12.2 Å². The van der Waals surface area contributed by atoms with Gasteiger partial charge in [0.15, 0.2) is 5.82 Å². The van der Waals surface area contributed by atoms with E-state index in [1.165, 1.54) is 6.20 Å². The molecule has 0 bridgehead atoms. The van der Waals surface area contributed by atoms with Crippen LogP contribution in [0.15, 0.2) is 12.5 Å². The molecule has 0 aliphatic heterocycles. The number of nitrogen functional groups attached to an aromatic ring is 1. The number of aromatic nitrogens is 5. The molecule has 90 valence electrons. The third-order valence-electron chi connectivity index (χ3n) is 2.23. The van der Waals surface area contributed by atoms with Gasteiger partial charge in [-0.25, -0.2) is 4.98 Å². The van der Waals surface area contributed by atoms with Gasteiger partial charge >= 0.3 is 0 Å². The van der Waals surface area contributed by atoms with E-state index in [-0.39, 0.29) is 5.28 Å². The van der Waals surface area contributed by atoms with Crippen LogP contribution in [0.25, 0.3) is 0 Å². The zero-order valence-electron chi connectivity index (χ0n) is 9.26. The Morgan fingerprint density at radius 3 is 3.06 bits per heavy atom. The molecule has 0 saturated carbocycles. The summed E-state index contributed by atoms with van der Waals surface area (Å²) in [5, 5.41) is 11.0. The second kappa shape index (κ2) is 4.96. The van der Waals surface area contributed by atoms with Crippen molar-refractivity contribution in [2.75, 3.05) is 17.6 Å². The predicted molar refractivity (Wildman–Crippen MR) is 64.7 cm³/mol. The maximum absolute atomic E-state index is 5.70. The summed E-state index contributed by atoms with van der Waals surface area (Å²) in [5.41, 5.74) is 6.16. The van der Waals surface area contributed by atoms with E-state index in [2.05, 4.69) is 25.5 Å². The summed E-state index contributed by atoms with van der Waals surface area (Å²) in [5.74, 6) is 1.42. The van der Waals surface area contributed by atoms with Gasteiger partial charge in [-0.05, 0) is 11.6 Å². The molecule has 2 aromatic heterocycles. The molecule has 7 nitrogen and oxygen atoms in total. The Hall–Kier alpha value is -1.89. The highest BCUT2D eigenvalue weighted by atomic mass is 35.5. The molecule has 0 fully saturated rings. The van der Waals surface area contributed by atoms with Crippen LogP contribution in [-0.4, -0.2) is 31.3 Å². The number of nitrogens with one attached hydrogen (secondary N) is 1. The Morgan fingerprint density at radius 2 is 2.35 bits per heavy atom. The lowest BCUT2D eigenvalue weighted by atomic mass is 10.4. The van der Waals surface area contributed by atoms with Gasteiger partial charge in [0, 0.05) is 20.0 Å². The van der Waals surface area contributed by atoms with E-state index in [4.69, 9.17) is 17.3 Å². The number of halogens is 1. The van der Waals surface area contributed by atoms with Crippen LogP contribution < -0.4 is 11.1 Å². The summed E-state index contributed by atoms with van der Waals surface area (Å²) in [6.07, 6.45) is 3.85. The van der Waals surface area contributed by atoms with Gasteiger partial charge in [0.25, 0.3) is 0 Å². The molecule has 0 aromatic carbocycles. The van der Waals surface area contributed by atoms with E-state index in [1.807, 2.05) is 11.6 Å². The Labute approximate surface area is 103 Å². The quantitative estimate of drug-likeness (QED) is 0.771. The molecule has 2 heterocycles. The van der Waals surface area contributed by atoms with E-state index in [9.17, 15) is 0 Å². The van der Waals surface area contributed by atoms with Crippen LogP contribution in [0.4, 0.5) is 11.5 Å². The maximum Gasteiger partial charge on any atom is 0.224 e. The van der Waals surface area contributed by atoms with Crippen LogP contribution >= 0.6 is 11.6 Å². The van der Waals surface area contributed by atoms with Crippen LogP contribution in [0, 0.1) is 0 Å². The number of rotatable bonds is 4. The molecule has 0 spiro atoms. The highest BCUT2D eigenvalue weighted by Crippen LogP contribution is 2.15. The van der Waals surface area contributed by atoms with Gasteiger partial charge in [0.2, 0.25) is 5.28 Å². The first-order chi connectivity index (χ1) is 8.16. The minimum atomic E-state index is 0.167. The number of anilines is 2. The predicted octanol–water partition coefficient (Wildman–Crippen LogP) is 0.495. The second-order valence-corrected chi connectivity index (χ2v) is 3.82. The lowest BCUT2D eigenvalue weighted by molar-refractivity contribution is 0.787. The fraction of sp³-hybridized carbons (Fsp3) is 0.333. The SMILES string of the molecule is Cn1cnnc1CCNc1nc(Cl)ncc1N. The van der Waals surface area contributed by atoms with Crippen molar-refractivity contribution in [1.82, 2.24) is 24.7 Å².